The van der Waals surface area contributed by atoms with Gasteiger partial charge in [0.1, 0.15) is 5.82 Å². The first kappa shape index (κ1) is 17.2. The summed E-state index contributed by atoms with van der Waals surface area (Å²) in [5.74, 6) is 1.17. The molecule has 0 unspecified atom stereocenters. The lowest BCUT2D eigenvalue weighted by Gasteiger charge is -2.04. The van der Waals surface area contributed by atoms with Gasteiger partial charge in [0.2, 0.25) is 15.9 Å². The molecule has 25 heavy (non-hydrogen) atoms. The molecule has 9 heteroatoms. The molecule has 0 amide bonds. The van der Waals surface area contributed by atoms with Crippen LogP contribution in [0, 0.1) is 0 Å². The average Bonchev–Trinajstić information content (AvgIpc) is 3.03. The van der Waals surface area contributed by atoms with Crippen molar-refractivity contribution in [3.05, 3.63) is 47.8 Å². The van der Waals surface area contributed by atoms with Crippen molar-refractivity contribution in [2.24, 2.45) is 0 Å². The summed E-state index contributed by atoms with van der Waals surface area (Å²) in [4.78, 5) is 8.81. The van der Waals surface area contributed by atoms with Gasteiger partial charge in [0, 0.05) is 22.7 Å². The molecule has 0 radical (unpaired) electrons. The smallest absolute Gasteiger partial charge is 0.229 e. The molecule has 0 bridgehead atoms. The summed E-state index contributed by atoms with van der Waals surface area (Å²) in [5.41, 5.74) is 2.20. The topological polar surface area (TPSA) is 93.2 Å². The molecule has 2 aromatic heterocycles. The standard InChI is InChI=1S/C16H16N4O3S2/c1-23-15-5-3-4-14(18-15)19-16-17-13(10-24-16)11-6-8-12(9-7-11)20-25(2,21)22/h3-10,20H,1-2H3,(H,17,18,19). The molecule has 7 nitrogen and oxygen atoms in total. The summed E-state index contributed by atoms with van der Waals surface area (Å²) < 4.78 is 30.0. The van der Waals surface area contributed by atoms with E-state index in [1.807, 2.05) is 29.6 Å². The minimum Gasteiger partial charge on any atom is -0.481 e. The van der Waals surface area contributed by atoms with E-state index in [0.29, 0.717) is 22.5 Å². The summed E-state index contributed by atoms with van der Waals surface area (Å²) >= 11 is 1.45. The second-order valence-corrected chi connectivity index (χ2v) is 7.79. The molecule has 0 aliphatic rings. The summed E-state index contributed by atoms with van der Waals surface area (Å²) in [6.45, 7) is 0. The van der Waals surface area contributed by atoms with Gasteiger partial charge in [0.05, 0.1) is 19.1 Å². The predicted octanol–water partition coefficient (Wildman–Crippen LogP) is 3.33. The molecular formula is C16H16N4O3S2. The van der Waals surface area contributed by atoms with Crippen molar-refractivity contribution in [1.82, 2.24) is 9.97 Å². The predicted molar refractivity (Wildman–Crippen MR) is 100 cm³/mol. The Morgan fingerprint density at radius 3 is 2.52 bits per heavy atom. The maximum atomic E-state index is 11.2. The molecule has 0 spiro atoms. The first-order valence-electron chi connectivity index (χ1n) is 7.25. The van der Waals surface area contributed by atoms with Crippen molar-refractivity contribution in [3.8, 4) is 17.1 Å². The van der Waals surface area contributed by atoms with Gasteiger partial charge >= 0.3 is 0 Å². The minimum atomic E-state index is -3.28. The van der Waals surface area contributed by atoms with E-state index in [-0.39, 0.29) is 0 Å². The lowest BCUT2D eigenvalue weighted by molar-refractivity contribution is 0.398. The number of hydrogen-bond acceptors (Lipinski definition) is 7. The highest BCUT2D eigenvalue weighted by molar-refractivity contribution is 7.92. The van der Waals surface area contributed by atoms with E-state index < -0.39 is 10.0 Å². The zero-order chi connectivity index (χ0) is 17.9. The highest BCUT2D eigenvalue weighted by Gasteiger charge is 2.07. The van der Waals surface area contributed by atoms with Crippen LogP contribution in [0.5, 0.6) is 5.88 Å². The molecule has 0 aliphatic carbocycles. The zero-order valence-electron chi connectivity index (χ0n) is 13.6. The first-order valence-corrected chi connectivity index (χ1v) is 10.0. The van der Waals surface area contributed by atoms with E-state index in [4.69, 9.17) is 4.74 Å². The molecule has 0 fully saturated rings. The van der Waals surface area contributed by atoms with Crippen molar-refractivity contribution in [2.45, 2.75) is 0 Å². The van der Waals surface area contributed by atoms with Gasteiger partial charge < -0.3 is 10.1 Å². The number of thiazole rings is 1. The van der Waals surface area contributed by atoms with Gasteiger partial charge in [0.25, 0.3) is 0 Å². The van der Waals surface area contributed by atoms with Crippen molar-refractivity contribution in [3.63, 3.8) is 0 Å². The molecule has 3 aromatic rings. The highest BCUT2D eigenvalue weighted by Crippen LogP contribution is 2.28. The van der Waals surface area contributed by atoms with Gasteiger partial charge in [-0.15, -0.1) is 11.3 Å². The van der Waals surface area contributed by atoms with Gasteiger partial charge in [-0.25, -0.2) is 13.4 Å². The summed E-state index contributed by atoms with van der Waals surface area (Å²) in [5, 5.41) is 5.76. The van der Waals surface area contributed by atoms with Crippen LogP contribution in [-0.2, 0) is 10.0 Å². The van der Waals surface area contributed by atoms with Gasteiger partial charge in [-0.3, -0.25) is 4.72 Å². The zero-order valence-corrected chi connectivity index (χ0v) is 15.2. The Morgan fingerprint density at radius 2 is 1.84 bits per heavy atom. The lowest BCUT2D eigenvalue weighted by Crippen LogP contribution is -2.09. The Labute approximate surface area is 149 Å². The highest BCUT2D eigenvalue weighted by atomic mass is 32.2. The third kappa shape index (κ3) is 4.68. The fourth-order valence-electron chi connectivity index (χ4n) is 2.09. The minimum absolute atomic E-state index is 0.514. The fraction of sp³-hybridized carbons (Fsp3) is 0.125. The number of pyridine rings is 1. The van der Waals surface area contributed by atoms with Crippen LogP contribution in [-0.4, -0.2) is 31.8 Å². The van der Waals surface area contributed by atoms with Gasteiger partial charge in [0.15, 0.2) is 5.13 Å². The number of rotatable bonds is 6. The largest absolute Gasteiger partial charge is 0.481 e. The van der Waals surface area contributed by atoms with E-state index in [1.54, 1.807) is 25.3 Å². The van der Waals surface area contributed by atoms with E-state index in [2.05, 4.69) is 20.0 Å². The van der Waals surface area contributed by atoms with Crippen LogP contribution < -0.4 is 14.8 Å². The Kier molecular flexibility index (Phi) is 4.86. The van der Waals surface area contributed by atoms with Gasteiger partial charge in [-0.1, -0.05) is 18.2 Å². The van der Waals surface area contributed by atoms with Gasteiger partial charge in [-0.05, 0) is 18.2 Å². The van der Waals surface area contributed by atoms with Crippen LogP contribution in [0.15, 0.2) is 47.8 Å². The number of nitrogens with one attached hydrogen (secondary N) is 2. The molecular weight excluding hydrogens is 360 g/mol. The Morgan fingerprint density at radius 1 is 1.08 bits per heavy atom. The molecule has 3 rings (SSSR count). The van der Waals surface area contributed by atoms with Gasteiger partial charge in [-0.2, -0.15) is 4.98 Å². The number of methoxy groups -OCH3 is 1. The van der Waals surface area contributed by atoms with E-state index in [1.165, 1.54) is 11.3 Å². The number of anilines is 3. The normalized spacial score (nSPS) is 11.1. The number of nitrogens with zero attached hydrogens (tertiary/aromatic N) is 2. The van der Waals surface area contributed by atoms with Crippen LogP contribution in [0.3, 0.4) is 0 Å². The quantitative estimate of drug-likeness (QED) is 0.685. The Balaban J connectivity index is 1.74. The monoisotopic (exact) mass is 376 g/mol. The first-order chi connectivity index (χ1) is 11.9. The SMILES string of the molecule is COc1cccc(Nc2nc(-c3ccc(NS(C)(=O)=O)cc3)cs2)n1. The third-order valence-corrected chi connectivity index (χ3v) is 4.52. The molecule has 2 heterocycles. The van der Waals surface area contributed by atoms with E-state index in [9.17, 15) is 8.42 Å². The van der Waals surface area contributed by atoms with Crippen LogP contribution in [0.1, 0.15) is 0 Å². The second kappa shape index (κ2) is 7.08. The fourth-order valence-corrected chi connectivity index (χ4v) is 3.39. The van der Waals surface area contributed by atoms with Crippen molar-refractivity contribution in [2.75, 3.05) is 23.4 Å². The summed E-state index contributed by atoms with van der Waals surface area (Å²) in [7, 11) is -1.72. The third-order valence-electron chi connectivity index (χ3n) is 3.16. The number of benzene rings is 1. The maximum Gasteiger partial charge on any atom is 0.229 e. The lowest BCUT2D eigenvalue weighted by atomic mass is 10.1. The van der Waals surface area contributed by atoms with Crippen LogP contribution in [0.4, 0.5) is 16.6 Å². The summed E-state index contributed by atoms with van der Waals surface area (Å²) in [6, 6.07) is 12.5. The molecule has 0 saturated heterocycles. The van der Waals surface area contributed by atoms with Crippen LogP contribution in [0.2, 0.25) is 0 Å². The number of sulfonamides is 1. The Hall–Kier alpha value is -2.65. The molecule has 2 N–H and O–H groups in total. The molecule has 0 atom stereocenters. The maximum absolute atomic E-state index is 11.2. The molecule has 130 valence electrons. The van der Waals surface area contributed by atoms with E-state index >= 15 is 0 Å². The Bertz CT molecular complexity index is 969. The van der Waals surface area contributed by atoms with E-state index in [0.717, 1.165) is 17.5 Å². The number of hydrogen-bond donors (Lipinski definition) is 2. The summed E-state index contributed by atoms with van der Waals surface area (Å²) in [6.07, 6.45) is 1.12. The van der Waals surface area contributed by atoms with Crippen molar-refractivity contribution < 1.29 is 13.2 Å². The molecule has 1 aromatic carbocycles. The van der Waals surface area contributed by atoms with Crippen molar-refractivity contribution in [1.29, 1.82) is 0 Å². The second-order valence-electron chi connectivity index (χ2n) is 5.18. The van der Waals surface area contributed by atoms with Crippen molar-refractivity contribution >= 4 is 38.0 Å². The van der Waals surface area contributed by atoms with Crippen LogP contribution >= 0.6 is 11.3 Å². The molecule has 0 saturated carbocycles. The number of aromatic nitrogens is 2. The molecule has 0 aliphatic heterocycles. The van der Waals surface area contributed by atoms with Crippen LogP contribution in [0.25, 0.3) is 11.3 Å². The number of ether oxygens (including phenoxy) is 1. The average molecular weight is 376 g/mol.